The van der Waals surface area contributed by atoms with Gasteiger partial charge in [0.05, 0.1) is 0 Å². The van der Waals surface area contributed by atoms with Crippen molar-refractivity contribution in [2.45, 2.75) is 6.54 Å². The summed E-state index contributed by atoms with van der Waals surface area (Å²) in [4.78, 5) is 0.885. The largest absolute Gasteiger partial charge is 0.372 e. The maximum Gasteiger partial charge on any atom is 0.175 e. The van der Waals surface area contributed by atoms with Gasteiger partial charge >= 0.3 is 0 Å². The third-order valence-electron chi connectivity index (χ3n) is 2.15. The lowest BCUT2D eigenvalue weighted by Gasteiger charge is -1.92. The molecule has 2 aromatic rings. The predicted molar refractivity (Wildman–Crippen MR) is 79.7 cm³/mol. The van der Waals surface area contributed by atoms with Crippen LogP contribution in [-0.2, 0) is 6.54 Å². The number of hydrogen-bond donors (Lipinski definition) is 3. The fourth-order valence-corrected chi connectivity index (χ4v) is 2.81. The highest BCUT2D eigenvalue weighted by atomic mass is 32.2. The lowest BCUT2D eigenvalue weighted by Crippen LogP contribution is -2.10. The van der Waals surface area contributed by atoms with Crippen LogP contribution in [0.4, 0.5) is 0 Å². The molecule has 1 aliphatic heterocycles. The average molecular weight is 299 g/mol. The Morgan fingerprint density at radius 2 is 1.65 bits per heavy atom. The van der Waals surface area contributed by atoms with Gasteiger partial charge in [-0.1, -0.05) is 47.8 Å². The lowest BCUT2D eigenvalue weighted by molar-refractivity contribution is 0.973. The van der Waals surface area contributed by atoms with Gasteiger partial charge in [0, 0.05) is 12.1 Å². The highest BCUT2D eigenvalue weighted by molar-refractivity contribution is 7.80. The third kappa shape index (κ3) is 3.29. The molecule has 88 valence electrons. The summed E-state index contributed by atoms with van der Waals surface area (Å²) in [6, 6.07) is 8.20. The van der Waals surface area contributed by atoms with Crippen LogP contribution in [0.5, 0.6) is 0 Å². The molecule has 3 rings (SSSR count). The molecule has 0 atom stereocenters. The second-order valence-corrected chi connectivity index (χ2v) is 6.03. The Bertz CT molecular complexity index is 612. The number of nitrogens with one attached hydrogen (secondary N) is 3. The number of benzene rings is 1. The molecule has 0 saturated carbocycles. The quantitative estimate of drug-likeness (QED) is 0.653. The van der Waals surface area contributed by atoms with E-state index < -0.39 is 0 Å². The van der Waals surface area contributed by atoms with Crippen LogP contribution in [0.15, 0.2) is 24.3 Å². The van der Waals surface area contributed by atoms with E-state index in [1.54, 1.807) is 0 Å². The van der Waals surface area contributed by atoms with Crippen LogP contribution >= 0.6 is 48.0 Å². The van der Waals surface area contributed by atoms with Crippen LogP contribution < -0.4 is 5.32 Å². The zero-order valence-electron chi connectivity index (χ0n) is 8.65. The first-order valence-electron chi connectivity index (χ1n) is 4.81. The van der Waals surface area contributed by atoms with Crippen LogP contribution in [0.2, 0.25) is 0 Å². The smallest absolute Gasteiger partial charge is 0.175 e. The lowest BCUT2D eigenvalue weighted by atomic mass is 10.1. The number of aromatic nitrogens is 2. The summed E-state index contributed by atoms with van der Waals surface area (Å²) >= 11 is 15.8. The van der Waals surface area contributed by atoms with E-state index in [0.29, 0.717) is 7.91 Å². The normalized spacial score (nSPS) is 12.4. The number of hydrogen-bond acceptors (Lipinski definition) is 4. The topological polar surface area (TPSA) is 43.6 Å². The van der Waals surface area contributed by atoms with Crippen molar-refractivity contribution in [3.05, 3.63) is 43.3 Å². The van der Waals surface area contributed by atoms with E-state index in [2.05, 4.69) is 27.6 Å². The fourth-order valence-electron chi connectivity index (χ4n) is 1.40. The van der Waals surface area contributed by atoms with Crippen LogP contribution in [0.1, 0.15) is 11.1 Å². The SMILES string of the molecule is S=C1NCc2ccccc21.S=c1[nH][nH]c(=S)s1. The Morgan fingerprint density at radius 1 is 1.00 bits per heavy atom. The standard InChI is InChI=1S/C8H7NS.C2H2N2S3/c10-8-7-4-2-1-3-6(7)5-9-8;5-1-3-4-2(6)7-1/h1-4H,5H2,(H,9,10);(H,3,5)(H,4,6). The van der Waals surface area contributed by atoms with Crippen molar-refractivity contribution in [2.75, 3.05) is 0 Å². The van der Waals surface area contributed by atoms with Crippen molar-refractivity contribution in [3.8, 4) is 0 Å². The van der Waals surface area contributed by atoms with Gasteiger partial charge in [-0.15, -0.1) is 0 Å². The molecule has 0 amide bonds. The van der Waals surface area contributed by atoms with Gasteiger partial charge in [-0.2, -0.15) is 0 Å². The Balaban J connectivity index is 0.000000136. The van der Waals surface area contributed by atoms with Crippen molar-refractivity contribution in [2.24, 2.45) is 0 Å². The average Bonchev–Trinajstić information content (AvgIpc) is 2.88. The first kappa shape index (κ1) is 12.6. The monoisotopic (exact) mass is 299 g/mol. The molecule has 0 radical (unpaired) electrons. The summed E-state index contributed by atoms with van der Waals surface area (Å²) in [6.07, 6.45) is 0. The summed E-state index contributed by atoms with van der Waals surface area (Å²) in [5, 5.41) is 8.46. The van der Waals surface area contributed by atoms with E-state index in [1.807, 2.05) is 12.1 Å². The van der Waals surface area contributed by atoms with Gasteiger partial charge in [-0.3, -0.25) is 10.2 Å². The van der Waals surface area contributed by atoms with Crippen LogP contribution in [0.3, 0.4) is 0 Å². The molecule has 0 bridgehead atoms. The van der Waals surface area contributed by atoms with E-state index in [-0.39, 0.29) is 0 Å². The fraction of sp³-hybridized carbons (Fsp3) is 0.100. The molecule has 3 N–H and O–H groups in total. The molecular weight excluding hydrogens is 290 g/mol. The maximum atomic E-state index is 5.06. The minimum Gasteiger partial charge on any atom is -0.372 e. The molecule has 17 heavy (non-hydrogen) atoms. The van der Waals surface area contributed by atoms with Crippen molar-refractivity contribution >= 4 is 53.0 Å². The van der Waals surface area contributed by atoms with Gasteiger partial charge < -0.3 is 5.32 Å². The van der Waals surface area contributed by atoms with E-state index in [4.69, 9.17) is 36.7 Å². The van der Waals surface area contributed by atoms with Crippen molar-refractivity contribution in [3.63, 3.8) is 0 Å². The van der Waals surface area contributed by atoms with Gasteiger partial charge in [0.2, 0.25) is 0 Å². The second kappa shape index (κ2) is 5.63. The molecule has 0 aliphatic carbocycles. The Hall–Kier alpha value is -0.890. The number of fused-ring (bicyclic) bond motifs is 1. The van der Waals surface area contributed by atoms with Gasteiger partial charge in [0.25, 0.3) is 0 Å². The summed E-state index contributed by atoms with van der Waals surface area (Å²) in [6.45, 7) is 0.898. The van der Waals surface area contributed by atoms with Gasteiger partial charge in [-0.05, 0) is 30.0 Å². The molecular formula is C10H9N3S4. The van der Waals surface area contributed by atoms with E-state index >= 15 is 0 Å². The zero-order valence-corrected chi connectivity index (χ0v) is 11.9. The molecule has 7 heteroatoms. The molecule has 0 spiro atoms. The van der Waals surface area contributed by atoms with E-state index in [0.717, 1.165) is 11.5 Å². The number of thiocarbonyl (C=S) groups is 1. The molecule has 1 aromatic heterocycles. The molecule has 1 aliphatic rings. The molecule has 2 heterocycles. The van der Waals surface area contributed by atoms with Crippen LogP contribution in [0.25, 0.3) is 0 Å². The van der Waals surface area contributed by atoms with Gasteiger partial charge in [0.15, 0.2) is 7.91 Å². The third-order valence-corrected chi connectivity index (χ3v) is 3.80. The van der Waals surface area contributed by atoms with Gasteiger partial charge in [-0.25, -0.2) is 0 Å². The molecule has 0 unspecified atom stereocenters. The number of aromatic amines is 2. The summed E-state index contributed by atoms with van der Waals surface area (Å²) in [7, 11) is 0. The van der Waals surface area contributed by atoms with E-state index in [9.17, 15) is 0 Å². The summed E-state index contributed by atoms with van der Waals surface area (Å²) in [5.74, 6) is 0. The summed E-state index contributed by atoms with van der Waals surface area (Å²) < 4.78 is 1.40. The summed E-state index contributed by atoms with van der Waals surface area (Å²) in [5.41, 5.74) is 2.50. The number of H-pyrrole nitrogens is 2. The van der Waals surface area contributed by atoms with Crippen molar-refractivity contribution in [1.82, 2.24) is 15.5 Å². The first-order valence-corrected chi connectivity index (χ1v) is 6.85. The zero-order chi connectivity index (χ0) is 12.3. The Labute approximate surface area is 118 Å². The first-order chi connectivity index (χ1) is 8.16. The maximum absolute atomic E-state index is 5.06. The molecule has 1 aromatic carbocycles. The highest BCUT2D eigenvalue weighted by Crippen LogP contribution is 2.14. The second-order valence-electron chi connectivity index (χ2n) is 3.27. The molecule has 0 saturated heterocycles. The number of rotatable bonds is 0. The minimum absolute atomic E-state index is 0.699. The Morgan fingerprint density at radius 3 is 2.18 bits per heavy atom. The predicted octanol–water partition coefficient (Wildman–Crippen LogP) is 3.33. The molecule has 3 nitrogen and oxygen atoms in total. The Kier molecular flexibility index (Phi) is 4.16. The van der Waals surface area contributed by atoms with Crippen molar-refractivity contribution < 1.29 is 0 Å². The van der Waals surface area contributed by atoms with Crippen molar-refractivity contribution in [1.29, 1.82) is 0 Å². The highest BCUT2D eigenvalue weighted by Gasteiger charge is 2.12. The minimum atomic E-state index is 0.699. The van der Waals surface area contributed by atoms with E-state index in [1.165, 1.54) is 22.5 Å². The van der Waals surface area contributed by atoms with Gasteiger partial charge in [0.1, 0.15) is 4.99 Å². The van der Waals surface area contributed by atoms with Crippen LogP contribution in [0, 0.1) is 7.91 Å². The van der Waals surface area contributed by atoms with Crippen LogP contribution in [-0.4, -0.2) is 15.2 Å². The molecule has 0 fully saturated rings.